The van der Waals surface area contributed by atoms with Crippen LogP contribution in [-0.4, -0.2) is 29.7 Å². The summed E-state index contributed by atoms with van der Waals surface area (Å²) in [5.74, 6) is -3.81. The van der Waals surface area contributed by atoms with Gasteiger partial charge in [0.05, 0.1) is 17.2 Å². The van der Waals surface area contributed by atoms with E-state index < -0.39 is 46.8 Å². The summed E-state index contributed by atoms with van der Waals surface area (Å²) in [5, 5.41) is 6.06. The Bertz CT molecular complexity index is 2260. The van der Waals surface area contributed by atoms with Crippen LogP contribution in [0.1, 0.15) is 59.4 Å². The number of rotatable bonds is 4. The number of nitrogens with zero attached hydrogens (tertiary/aromatic N) is 1. The molecule has 3 amide bonds. The summed E-state index contributed by atoms with van der Waals surface area (Å²) in [5.41, 5.74) is 7.71. The van der Waals surface area contributed by atoms with Gasteiger partial charge < -0.3 is 21.3 Å². The fourth-order valence-electron chi connectivity index (χ4n) is 6.44. The quantitative estimate of drug-likeness (QED) is 0.134. The minimum absolute atomic E-state index is 0.0546. The maximum Gasteiger partial charge on any atom is 0.416 e. The topological polar surface area (TPSA) is 105 Å². The number of nitrogen functional groups attached to an aromatic ring is 1. The fourth-order valence-corrected chi connectivity index (χ4v) is 6.67. The first-order chi connectivity index (χ1) is 22.7. The fraction of sp³-hybridized carbons (Fsp3) is 0.114. The lowest BCUT2D eigenvalue weighted by molar-refractivity contribution is -0.137. The van der Waals surface area contributed by atoms with Gasteiger partial charge in [-0.2, -0.15) is 13.2 Å². The average molecular weight is 677 g/mol. The molecule has 2 heterocycles. The number of benzene rings is 5. The highest BCUT2D eigenvalue weighted by Crippen LogP contribution is 2.46. The number of amides is 3. The summed E-state index contributed by atoms with van der Waals surface area (Å²) >= 11 is 6.42. The Morgan fingerprint density at radius 1 is 0.938 bits per heavy atom. The highest BCUT2D eigenvalue weighted by molar-refractivity contribution is 6.31. The predicted octanol–water partition coefficient (Wildman–Crippen LogP) is 7.71. The van der Waals surface area contributed by atoms with Crippen molar-refractivity contribution in [1.82, 2.24) is 10.2 Å². The lowest BCUT2D eigenvalue weighted by Crippen LogP contribution is -2.21. The largest absolute Gasteiger partial charge is 0.416 e. The second kappa shape index (κ2) is 11.1. The number of halogens is 6. The summed E-state index contributed by atoms with van der Waals surface area (Å²) in [4.78, 5) is 41.4. The Balaban J connectivity index is 1.45. The zero-order valence-corrected chi connectivity index (χ0v) is 25.5. The van der Waals surface area contributed by atoms with E-state index in [2.05, 4.69) is 10.6 Å². The van der Waals surface area contributed by atoms with Crippen molar-refractivity contribution in [1.29, 1.82) is 0 Å². The van der Waals surface area contributed by atoms with Gasteiger partial charge >= 0.3 is 6.18 Å². The molecule has 4 N–H and O–H groups in total. The number of nitrogens with two attached hydrogens (primary N) is 1. The van der Waals surface area contributed by atoms with Crippen LogP contribution in [0.3, 0.4) is 0 Å². The van der Waals surface area contributed by atoms with Gasteiger partial charge in [0.2, 0.25) is 0 Å². The zero-order valence-electron chi connectivity index (χ0n) is 24.7. The van der Waals surface area contributed by atoms with Crippen molar-refractivity contribution >= 4 is 51.5 Å². The van der Waals surface area contributed by atoms with E-state index in [0.29, 0.717) is 46.1 Å². The van der Waals surface area contributed by atoms with Crippen LogP contribution in [0.4, 0.5) is 33.3 Å². The van der Waals surface area contributed by atoms with Crippen molar-refractivity contribution in [3.8, 4) is 11.1 Å². The third-order valence-corrected chi connectivity index (χ3v) is 8.98. The second-order valence-electron chi connectivity index (χ2n) is 11.6. The van der Waals surface area contributed by atoms with Gasteiger partial charge in [-0.1, -0.05) is 35.9 Å². The van der Waals surface area contributed by atoms with Gasteiger partial charge in [-0.25, -0.2) is 8.78 Å². The molecule has 0 saturated heterocycles. The minimum atomic E-state index is -4.93. The Labute approximate surface area is 274 Å². The Hall–Kier alpha value is -5.49. The molecule has 242 valence electrons. The summed E-state index contributed by atoms with van der Waals surface area (Å²) in [7, 11) is 1.67. The first kappa shape index (κ1) is 31.1. The Morgan fingerprint density at radius 2 is 1.69 bits per heavy atom. The molecule has 1 atom stereocenters. The monoisotopic (exact) mass is 676 g/mol. The van der Waals surface area contributed by atoms with Crippen LogP contribution in [0.15, 0.2) is 72.8 Å². The smallest absolute Gasteiger partial charge is 0.398 e. The van der Waals surface area contributed by atoms with E-state index in [-0.39, 0.29) is 45.1 Å². The van der Waals surface area contributed by atoms with Crippen LogP contribution >= 0.6 is 11.6 Å². The number of hydrogen-bond acceptors (Lipinski definition) is 4. The minimum Gasteiger partial charge on any atom is -0.398 e. The molecule has 2 aliphatic rings. The van der Waals surface area contributed by atoms with Crippen LogP contribution in [-0.2, 0) is 12.7 Å². The molecule has 7 nitrogen and oxygen atoms in total. The maximum absolute atomic E-state index is 14.4. The number of alkyl halides is 3. The number of nitrogens with one attached hydrogen (secondary N) is 2. The molecule has 5 aromatic rings. The molecule has 0 fully saturated rings. The van der Waals surface area contributed by atoms with E-state index in [9.17, 15) is 36.3 Å². The van der Waals surface area contributed by atoms with Gasteiger partial charge in [-0.3, -0.25) is 14.4 Å². The van der Waals surface area contributed by atoms with Crippen LogP contribution in [0.2, 0.25) is 5.02 Å². The van der Waals surface area contributed by atoms with E-state index in [1.807, 2.05) is 0 Å². The molecule has 5 aromatic carbocycles. The molecule has 0 aromatic heterocycles. The highest BCUT2D eigenvalue weighted by Gasteiger charge is 2.37. The van der Waals surface area contributed by atoms with Crippen molar-refractivity contribution in [2.75, 3.05) is 18.1 Å². The highest BCUT2D eigenvalue weighted by atomic mass is 35.5. The lowest BCUT2D eigenvalue weighted by atomic mass is 9.88. The third kappa shape index (κ3) is 5.00. The first-order valence-electron chi connectivity index (χ1n) is 14.4. The van der Waals surface area contributed by atoms with Crippen molar-refractivity contribution in [2.45, 2.75) is 18.8 Å². The van der Waals surface area contributed by atoms with Crippen LogP contribution in [0.5, 0.6) is 0 Å². The first-order valence-corrected chi connectivity index (χ1v) is 14.8. The molecular weight excluding hydrogens is 655 g/mol. The molecule has 13 heteroatoms. The average Bonchev–Trinajstić information content (AvgIpc) is 3.54. The van der Waals surface area contributed by atoms with Gasteiger partial charge in [0.25, 0.3) is 17.7 Å². The van der Waals surface area contributed by atoms with E-state index in [0.717, 1.165) is 17.7 Å². The summed E-state index contributed by atoms with van der Waals surface area (Å²) in [6, 6.07) is 13.9. The van der Waals surface area contributed by atoms with Crippen LogP contribution < -0.4 is 16.4 Å². The molecule has 0 saturated carbocycles. The standard InChI is InChI=1S/C35H22ClF5N4O3/c1-45-14-25-19(3-2-4-22(25)34(45)48)21-7-6-20-23(30(21)42)13-27(43-32(46)15-9-16(35(39,40)41)11-18(38)10-15)29-28(20)33(47)44-31(29)24-12-17(37)5-8-26(24)36/h2-13,31H,14,42H2,1H3,(H,43,46)(H,44,47). The predicted molar refractivity (Wildman–Crippen MR) is 170 cm³/mol. The van der Waals surface area contributed by atoms with Crippen molar-refractivity contribution in [3.63, 3.8) is 0 Å². The van der Waals surface area contributed by atoms with Crippen LogP contribution in [0.25, 0.3) is 21.9 Å². The SMILES string of the molecule is CN1Cc2c(cccc2-c2ccc3c4c(c(NC(=O)c5cc(F)cc(C(F)(F)F)c5)cc3c2N)C(c2cc(F)ccc2Cl)NC4=O)C1=O. The third-order valence-electron chi connectivity index (χ3n) is 8.64. The Morgan fingerprint density at radius 3 is 2.44 bits per heavy atom. The molecule has 0 spiro atoms. The van der Waals surface area contributed by atoms with Gasteiger partial charge in [-0.15, -0.1) is 0 Å². The van der Waals surface area contributed by atoms with Gasteiger partial charge in [0.15, 0.2) is 0 Å². The number of hydrogen-bond donors (Lipinski definition) is 3. The van der Waals surface area contributed by atoms with Gasteiger partial charge in [0.1, 0.15) is 11.6 Å². The van der Waals surface area contributed by atoms with E-state index >= 15 is 0 Å². The van der Waals surface area contributed by atoms with Crippen LogP contribution in [0, 0.1) is 11.6 Å². The molecule has 2 aliphatic heterocycles. The van der Waals surface area contributed by atoms with Crippen molar-refractivity contribution in [2.24, 2.45) is 0 Å². The number of anilines is 2. The zero-order chi connectivity index (χ0) is 34.2. The van der Waals surface area contributed by atoms with Gasteiger partial charge in [0, 0.05) is 63.2 Å². The summed E-state index contributed by atoms with van der Waals surface area (Å²) in [6.07, 6.45) is -4.93. The molecule has 0 bridgehead atoms. The molecule has 0 radical (unpaired) electrons. The maximum atomic E-state index is 14.4. The molecule has 1 unspecified atom stereocenters. The summed E-state index contributed by atoms with van der Waals surface area (Å²) < 4.78 is 69.1. The summed E-state index contributed by atoms with van der Waals surface area (Å²) in [6.45, 7) is 0.333. The molecular formula is C35H22ClF5N4O3. The lowest BCUT2D eigenvalue weighted by Gasteiger charge is -2.20. The van der Waals surface area contributed by atoms with Gasteiger partial charge in [-0.05, 0) is 65.0 Å². The van der Waals surface area contributed by atoms with E-state index in [4.69, 9.17) is 17.3 Å². The number of fused-ring (bicyclic) bond motifs is 4. The van der Waals surface area contributed by atoms with Crippen molar-refractivity contribution < 1.29 is 36.3 Å². The number of carbonyl (C=O) groups excluding carboxylic acids is 3. The van der Waals surface area contributed by atoms with E-state index in [1.165, 1.54) is 12.1 Å². The molecule has 7 rings (SSSR count). The van der Waals surface area contributed by atoms with E-state index in [1.54, 1.807) is 42.3 Å². The second-order valence-corrected chi connectivity index (χ2v) is 12.0. The molecule has 0 aliphatic carbocycles. The van der Waals surface area contributed by atoms with Crippen molar-refractivity contribution in [3.05, 3.63) is 128 Å². The normalized spacial score (nSPS) is 15.5. The molecule has 48 heavy (non-hydrogen) atoms. The number of carbonyl (C=O) groups is 3. The Kier molecular flexibility index (Phi) is 7.17.